The maximum absolute atomic E-state index is 13.0. The summed E-state index contributed by atoms with van der Waals surface area (Å²) < 4.78 is 13.0. The number of nitrogens with zero attached hydrogens (tertiary/aromatic N) is 1. The third-order valence-electron chi connectivity index (χ3n) is 2.74. The summed E-state index contributed by atoms with van der Waals surface area (Å²) in [6, 6.07) is 12.1. The summed E-state index contributed by atoms with van der Waals surface area (Å²) in [6.45, 7) is 2.00. The summed E-state index contributed by atoms with van der Waals surface area (Å²) >= 11 is 1.55. The van der Waals surface area contributed by atoms with Gasteiger partial charge in [0.05, 0.1) is 11.6 Å². The quantitative estimate of drug-likeness (QED) is 0.681. The van der Waals surface area contributed by atoms with E-state index in [1.807, 2.05) is 31.2 Å². The van der Waals surface area contributed by atoms with Crippen LogP contribution in [-0.4, -0.2) is 0 Å². The van der Waals surface area contributed by atoms with Gasteiger partial charge in [-0.15, -0.1) is 11.8 Å². The molecule has 0 heterocycles. The summed E-state index contributed by atoms with van der Waals surface area (Å²) in [5, 5.41) is 8.99. The van der Waals surface area contributed by atoms with Crippen molar-refractivity contribution in [1.82, 2.24) is 0 Å². The number of thioether (sulfide) groups is 1. The highest BCUT2D eigenvalue weighted by Crippen LogP contribution is 2.30. The lowest BCUT2D eigenvalue weighted by atomic mass is 10.1. The van der Waals surface area contributed by atoms with E-state index in [0.717, 1.165) is 21.7 Å². The first kappa shape index (κ1) is 13.4. The average molecular weight is 272 g/mol. The minimum atomic E-state index is -0.389. The highest BCUT2D eigenvalue weighted by atomic mass is 32.2. The molecule has 2 rings (SSSR count). The van der Waals surface area contributed by atoms with Crippen molar-refractivity contribution in [1.29, 1.82) is 5.26 Å². The van der Waals surface area contributed by atoms with E-state index < -0.39 is 0 Å². The summed E-state index contributed by atoms with van der Waals surface area (Å²) in [7, 11) is 0. The zero-order valence-corrected chi connectivity index (χ0v) is 11.3. The SMILES string of the molecule is Cc1ccc(N)c(SCc2ccc(F)cc2C#N)c1. The molecule has 2 N–H and O–H groups in total. The van der Waals surface area contributed by atoms with E-state index in [1.165, 1.54) is 12.1 Å². The lowest BCUT2D eigenvalue weighted by Gasteiger charge is -2.08. The number of nitrogens with two attached hydrogens (primary N) is 1. The van der Waals surface area contributed by atoms with Gasteiger partial charge in [0.15, 0.2) is 0 Å². The molecule has 0 unspecified atom stereocenters. The van der Waals surface area contributed by atoms with E-state index in [0.29, 0.717) is 11.3 Å². The zero-order chi connectivity index (χ0) is 13.8. The Kier molecular flexibility index (Phi) is 4.08. The number of nitriles is 1. The van der Waals surface area contributed by atoms with E-state index in [-0.39, 0.29) is 5.82 Å². The Morgan fingerprint density at radius 1 is 1.26 bits per heavy atom. The van der Waals surface area contributed by atoms with Crippen molar-refractivity contribution in [2.75, 3.05) is 5.73 Å². The number of aryl methyl sites for hydroxylation is 1. The Morgan fingerprint density at radius 3 is 2.79 bits per heavy atom. The van der Waals surface area contributed by atoms with Crippen LogP contribution in [0.1, 0.15) is 16.7 Å². The predicted molar refractivity (Wildman–Crippen MR) is 76.3 cm³/mol. The van der Waals surface area contributed by atoms with Crippen LogP contribution in [0.2, 0.25) is 0 Å². The van der Waals surface area contributed by atoms with Gasteiger partial charge < -0.3 is 5.73 Å². The molecule has 0 aliphatic carbocycles. The van der Waals surface area contributed by atoms with Gasteiger partial charge in [-0.1, -0.05) is 12.1 Å². The van der Waals surface area contributed by atoms with Crippen LogP contribution in [0.4, 0.5) is 10.1 Å². The molecule has 0 atom stereocenters. The van der Waals surface area contributed by atoms with Gasteiger partial charge in [-0.05, 0) is 42.3 Å². The number of anilines is 1. The first-order valence-electron chi connectivity index (χ1n) is 5.77. The molecule has 0 fully saturated rings. The molecule has 96 valence electrons. The number of halogens is 1. The summed E-state index contributed by atoms with van der Waals surface area (Å²) in [5.41, 5.74) is 8.95. The number of hydrogen-bond acceptors (Lipinski definition) is 3. The second kappa shape index (κ2) is 5.77. The zero-order valence-electron chi connectivity index (χ0n) is 10.5. The number of nitrogen functional groups attached to an aromatic ring is 1. The highest BCUT2D eigenvalue weighted by molar-refractivity contribution is 7.98. The van der Waals surface area contributed by atoms with Crippen LogP contribution < -0.4 is 5.73 Å². The van der Waals surface area contributed by atoms with Gasteiger partial charge in [0.2, 0.25) is 0 Å². The third kappa shape index (κ3) is 3.27. The molecular formula is C15H13FN2S. The molecule has 0 saturated heterocycles. The van der Waals surface area contributed by atoms with Crippen LogP contribution >= 0.6 is 11.8 Å². The minimum Gasteiger partial charge on any atom is -0.398 e. The number of rotatable bonds is 3. The molecule has 0 radical (unpaired) electrons. The molecular weight excluding hydrogens is 259 g/mol. The van der Waals surface area contributed by atoms with Crippen LogP contribution in [-0.2, 0) is 5.75 Å². The van der Waals surface area contributed by atoms with Crippen LogP contribution in [0.15, 0.2) is 41.3 Å². The molecule has 0 spiro atoms. The van der Waals surface area contributed by atoms with Gasteiger partial charge in [0.25, 0.3) is 0 Å². The lowest BCUT2D eigenvalue weighted by molar-refractivity contribution is 0.627. The predicted octanol–water partition coefficient (Wildman–Crippen LogP) is 3.88. The Labute approximate surface area is 116 Å². The highest BCUT2D eigenvalue weighted by Gasteiger charge is 2.06. The molecule has 0 saturated carbocycles. The Bertz CT molecular complexity index is 647. The third-order valence-corrected chi connectivity index (χ3v) is 3.86. The molecule has 0 amide bonds. The number of benzene rings is 2. The van der Waals surface area contributed by atoms with Crippen molar-refractivity contribution in [2.45, 2.75) is 17.6 Å². The van der Waals surface area contributed by atoms with E-state index in [4.69, 9.17) is 11.0 Å². The van der Waals surface area contributed by atoms with Gasteiger partial charge >= 0.3 is 0 Å². The van der Waals surface area contributed by atoms with Crippen molar-refractivity contribution in [3.8, 4) is 6.07 Å². The van der Waals surface area contributed by atoms with Crippen molar-refractivity contribution < 1.29 is 4.39 Å². The lowest BCUT2D eigenvalue weighted by Crippen LogP contribution is -1.92. The fraction of sp³-hybridized carbons (Fsp3) is 0.133. The Balaban J connectivity index is 2.19. The van der Waals surface area contributed by atoms with Crippen LogP contribution in [0, 0.1) is 24.1 Å². The van der Waals surface area contributed by atoms with Crippen molar-refractivity contribution in [3.05, 3.63) is 58.9 Å². The Hall–Kier alpha value is -1.99. The van der Waals surface area contributed by atoms with Crippen molar-refractivity contribution in [2.24, 2.45) is 0 Å². The average Bonchev–Trinajstić information content (AvgIpc) is 2.40. The van der Waals surface area contributed by atoms with Gasteiger partial charge in [0.1, 0.15) is 5.82 Å². The summed E-state index contributed by atoms with van der Waals surface area (Å²) in [6.07, 6.45) is 0. The van der Waals surface area contributed by atoms with E-state index >= 15 is 0 Å². The molecule has 0 aliphatic rings. The van der Waals surface area contributed by atoms with E-state index in [1.54, 1.807) is 17.8 Å². The molecule has 0 bridgehead atoms. The van der Waals surface area contributed by atoms with E-state index in [2.05, 4.69) is 0 Å². The minimum absolute atomic E-state index is 0.374. The number of hydrogen-bond donors (Lipinski definition) is 1. The normalized spacial score (nSPS) is 10.2. The second-order valence-electron chi connectivity index (χ2n) is 4.24. The molecule has 4 heteroatoms. The smallest absolute Gasteiger partial charge is 0.124 e. The molecule has 19 heavy (non-hydrogen) atoms. The molecule has 2 aromatic rings. The summed E-state index contributed by atoms with van der Waals surface area (Å²) in [5.74, 6) is 0.206. The molecule has 2 aromatic carbocycles. The maximum atomic E-state index is 13.0. The van der Waals surface area contributed by atoms with Gasteiger partial charge in [-0.3, -0.25) is 0 Å². The second-order valence-corrected chi connectivity index (χ2v) is 5.26. The maximum Gasteiger partial charge on any atom is 0.124 e. The van der Waals surface area contributed by atoms with Crippen molar-refractivity contribution in [3.63, 3.8) is 0 Å². The van der Waals surface area contributed by atoms with E-state index in [9.17, 15) is 4.39 Å². The first-order valence-corrected chi connectivity index (χ1v) is 6.76. The van der Waals surface area contributed by atoms with Gasteiger partial charge in [-0.25, -0.2) is 4.39 Å². The fourth-order valence-electron chi connectivity index (χ4n) is 1.70. The van der Waals surface area contributed by atoms with Crippen LogP contribution in [0.25, 0.3) is 0 Å². The molecule has 0 aliphatic heterocycles. The standard InChI is InChI=1S/C15H13FN2S/c1-10-2-5-14(18)15(6-10)19-9-11-3-4-13(16)7-12(11)8-17/h2-7H,9,18H2,1H3. The molecule has 0 aromatic heterocycles. The monoisotopic (exact) mass is 272 g/mol. The van der Waals surface area contributed by atoms with Gasteiger partial charge in [-0.2, -0.15) is 5.26 Å². The van der Waals surface area contributed by atoms with Gasteiger partial charge in [0, 0.05) is 16.3 Å². The van der Waals surface area contributed by atoms with Crippen LogP contribution in [0.3, 0.4) is 0 Å². The fourth-order valence-corrected chi connectivity index (χ4v) is 2.77. The van der Waals surface area contributed by atoms with Crippen molar-refractivity contribution >= 4 is 17.4 Å². The summed E-state index contributed by atoms with van der Waals surface area (Å²) in [4.78, 5) is 0.980. The first-order chi connectivity index (χ1) is 9.10. The topological polar surface area (TPSA) is 49.8 Å². The Morgan fingerprint density at radius 2 is 2.05 bits per heavy atom. The molecule has 2 nitrogen and oxygen atoms in total. The van der Waals surface area contributed by atoms with Crippen LogP contribution in [0.5, 0.6) is 0 Å². The largest absolute Gasteiger partial charge is 0.398 e.